The van der Waals surface area contributed by atoms with Gasteiger partial charge in [0.1, 0.15) is 0 Å². The van der Waals surface area contributed by atoms with Crippen LogP contribution in [0, 0.1) is 0 Å². The van der Waals surface area contributed by atoms with Crippen LogP contribution < -0.4 is 15.4 Å². The molecule has 19 heavy (non-hydrogen) atoms. The van der Waals surface area contributed by atoms with Crippen molar-refractivity contribution in [3.63, 3.8) is 0 Å². The lowest BCUT2D eigenvalue weighted by Gasteiger charge is -2.25. The predicted molar refractivity (Wildman–Crippen MR) is 79.4 cm³/mol. The average Bonchev–Trinajstić information content (AvgIpc) is 2.33. The standard InChI is InChI=1S/C12H18ClN3O2S/c1-19(17,18)16-10-2-3-11(13)12(8-10)15-9-4-6-14-7-5-9/h2-3,8-9,14-16H,4-7H2,1H3. The SMILES string of the molecule is CS(=O)(=O)Nc1ccc(Cl)c(NC2CCNCC2)c1. The number of benzene rings is 1. The molecular formula is C12H18ClN3O2S. The first-order chi connectivity index (χ1) is 8.94. The van der Waals surface area contributed by atoms with Gasteiger partial charge in [-0.3, -0.25) is 4.72 Å². The molecule has 0 saturated carbocycles. The number of rotatable bonds is 4. The van der Waals surface area contributed by atoms with Gasteiger partial charge in [0, 0.05) is 6.04 Å². The quantitative estimate of drug-likeness (QED) is 0.794. The fourth-order valence-corrected chi connectivity index (χ4v) is 2.83. The monoisotopic (exact) mass is 303 g/mol. The summed E-state index contributed by atoms with van der Waals surface area (Å²) in [5.41, 5.74) is 1.28. The normalized spacial score (nSPS) is 17.2. The molecule has 0 aliphatic carbocycles. The van der Waals surface area contributed by atoms with E-state index >= 15 is 0 Å². The van der Waals surface area contributed by atoms with Crippen LogP contribution in [0.2, 0.25) is 5.02 Å². The van der Waals surface area contributed by atoms with Crippen molar-refractivity contribution in [2.45, 2.75) is 18.9 Å². The smallest absolute Gasteiger partial charge is 0.229 e. The fourth-order valence-electron chi connectivity index (χ4n) is 2.10. The van der Waals surface area contributed by atoms with E-state index in [0.717, 1.165) is 37.9 Å². The van der Waals surface area contributed by atoms with Gasteiger partial charge in [0.25, 0.3) is 0 Å². The molecular weight excluding hydrogens is 286 g/mol. The lowest BCUT2D eigenvalue weighted by atomic mass is 10.1. The number of hydrogen-bond donors (Lipinski definition) is 3. The molecule has 1 saturated heterocycles. The highest BCUT2D eigenvalue weighted by Crippen LogP contribution is 2.27. The zero-order valence-electron chi connectivity index (χ0n) is 10.7. The van der Waals surface area contributed by atoms with Gasteiger partial charge in [-0.15, -0.1) is 0 Å². The Hall–Kier alpha value is -0.980. The van der Waals surface area contributed by atoms with Crippen LogP contribution in [0.1, 0.15) is 12.8 Å². The fraction of sp³-hybridized carbons (Fsp3) is 0.500. The third-order valence-electron chi connectivity index (χ3n) is 2.97. The summed E-state index contributed by atoms with van der Waals surface area (Å²) in [5, 5.41) is 7.26. The van der Waals surface area contributed by atoms with Crippen molar-refractivity contribution in [2.24, 2.45) is 0 Å². The summed E-state index contributed by atoms with van der Waals surface area (Å²) >= 11 is 6.13. The molecule has 1 aromatic carbocycles. The Bertz CT molecular complexity index is 542. The maximum Gasteiger partial charge on any atom is 0.229 e. The minimum atomic E-state index is -3.27. The molecule has 0 unspecified atom stereocenters. The molecule has 0 atom stereocenters. The van der Waals surface area contributed by atoms with Gasteiger partial charge in [0.15, 0.2) is 0 Å². The highest BCUT2D eigenvalue weighted by atomic mass is 35.5. The van der Waals surface area contributed by atoms with E-state index in [-0.39, 0.29) is 0 Å². The van der Waals surface area contributed by atoms with Gasteiger partial charge in [0.2, 0.25) is 10.0 Å². The highest BCUT2D eigenvalue weighted by molar-refractivity contribution is 7.92. The van der Waals surface area contributed by atoms with Crippen molar-refractivity contribution in [1.82, 2.24) is 5.32 Å². The van der Waals surface area contributed by atoms with Crippen molar-refractivity contribution in [1.29, 1.82) is 0 Å². The number of piperidine rings is 1. The van der Waals surface area contributed by atoms with Crippen LogP contribution in [0.4, 0.5) is 11.4 Å². The number of halogens is 1. The van der Waals surface area contributed by atoms with Gasteiger partial charge in [-0.25, -0.2) is 8.42 Å². The van der Waals surface area contributed by atoms with E-state index in [9.17, 15) is 8.42 Å². The van der Waals surface area contributed by atoms with E-state index in [1.54, 1.807) is 18.2 Å². The second-order valence-corrected chi connectivity index (χ2v) is 6.89. The lowest BCUT2D eigenvalue weighted by molar-refractivity contribution is 0.479. The molecule has 0 bridgehead atoms. The number of nitrogens with one attached hydrogen (secondary N) is 3. The second-order valence-electron chi connectivity index (χ2n) is 4.74. The number of anilines is 2. The molecule has 1 fully saturated rings. The lowest BCUT2D eigenvalue weighted by Crippen LogP contribution is -2.35. The summed E-state index contributed by atoms with van der Waals surface area (Å²) in [7, 11) is -3.27. The Labute approximate surface area is 118 Å². The maximum atomic E-state index is 11.2. The third kappa shape index (κ3) is 4.56. The summed E-state index contributed by atoms with van der Waals surface area (Å²) in [4.78, 5) is 0. The number of sulfonamides is 1. The van der Waals surface area contributed by atoms with Gasteiger partial charge in [-0.05, 0) is 44.1 Å². The van der Waals surface area contributed by atoms with Crippen molar-refractivity contribution < 1.29 is 8.42 Å². The summed E-state index contributed by atoms with van der Waals surface area (Å²) in [6, 6.07) is 5.44. The molecule has 3 N–H and O–H groups in total. The first kappa shape index (κ1) is 14.4. The summed E-state index contributed by atoms with van der Waals surface area (Å²) in [5.74, 6) is 0. The Balaban J connectivity index is 2.12. The van der Waals surface area contributed by atoms with Crippen molar-refractivity contribution in [3.8, 4) is 0 Å². The van der Waals surface area contributed by atoms with Crippen LogP contribution in [0.5, 0.6) is 0 Å². The summed E-state index contributed by atoms with van der Waals surface area (Å²) in [6.45, 7) is 1.97. The van der Waals surface area contributed by atoms with Gasteiger partial charge in [0.05, 0.1) is 22.7 Å². The Morgan fingerprint density at radius 1 is 1.32 bits per heavy atom. The van der Waals surface area contributed by atoms with Crippen molar-refractivity contribution >= 4 is 33.0 Å². The highest BCUT2D eigenvalue weighted by Gasteiger charge is 2.14. The van der Waals surface area contributed by atoms with Crippen LogP contribution >= 0.6 is 11.6 Å². The second kappa shape index (κ2) is 5.98. The molecule has 106 valence electrons. The Morgan fingerprint density at radius 3 is 2.63 bits per heavy atom. The summed E-state index contributed by atoms with van der Waals surface area (Å²) < 4.78 is 24.9. The van der Waals surface area contributed by atoms with E-state index < -0.39 is 10.0 Å². The van der Waals surface area contributed by atoms with Gasteiger partial charge in [-0.1, -0.05) is 11.6 Å². The van der Waals surface area contributed by atoms with Crippen LogP contribution in [0.25, 0.3) is 0 Å². The Morgan fingerprint density at radius 2 is 2.00 bits per heavy atom. The van der Waals surface area contributed by atoms with Crippen LogP contribution in [0.3, 0.4) is 0 Å². The van der Waals surface area contributed by atoms with Crippen molar-refractivity contribution in [3.05, 3.63) is 23.2 Å². The van der Waals surface area contributed by atoms with Crippen LogP contribution in [0.15, 0.2) is 18.2 Å². The van der Waals surface area contributed by atoms with Gasteiger partial charge in [-0.2, -0.15) is 0 Å². The topological polar surface area (TPSA) is 70.2 Å². The molecule has 2 rings (SSSR count). The minimum Gasteiger partial charge on any atom is -0.381 e. The molecule has 0 aromatic heterocycles. The average molecular weight is 304 g/mol. The zero-order chi connectivity index (χ0) is 13.9. The molecule has 0 spiro atoms. The number of hydrogen-bond acceptors (Lipinski definition) is 4. The van der Waals surface area contributed by atoms with E-state index in [0.29, 0.717) is 16.8 Å². The minimum absolute atomic E-state index is 0.368. The molecule has 1 heterocycles. The van der Waals surface area contributed by atoms with E-state index in [1.165, 1.54) is 0 Å². The molecule has 1 aliphatic heterocycles. The van der Waals surface area contributed by atoms with E-state index in [1.807, 2.05) is 0 Å². The first-order valence-electron chi connectivity index (χ1n) is 6.19. The predicted octanol–water partition coefficient (Wildman–Crippen LogP) is 1.88. The Kier molecular flexibility index (Phi) is 4.54. The maximum absolute atomic E-state index is 11.2. The molecule has 1 aliphatic rings. The molecule has 0 radical (unpaired) electrons. The zero-order valence-corrected chi connectivity index (χ0v) is 12.3. The molecule has 5 nitrogen and oxygen atoms in total. The van der Waals surface area contributed by atoms with Crippen LogP contribution in [-0.4, -0.2) is 33.8 Å². The van der Waals surface area contributed by atoms with Gasteiger partial charge >= 0.3 is 0 Å². The van der Waals surface area contributed by atoms with Crippen LogP contribution in [-0.2, 0) is 10.0 Å². The van der Waals surface area contributed by atoms with E-state index in [2.05, 4.69) is 15.4 Å². The van der Waals surface area contributed by atoms with Crippen molar-refractivity contribution in [2.75, 3.05) is 29.4 Å². The molecule has 1 aromatic rings. The largest absolute Gasteiger partial charge is 0.381 e. The third-order valence-corrected chi connectivity index (χ3v) is 3.90. The first-order valence-corrected chi connectivity index (χ1v) is 8.45. The van der Waals surface area contributed by atoms with Gasteiger partial charge < -0.3 is 10.6 Å². The molecule has 7 heteroatoms. The van der Waals surface area contributed by atoms with E-state index in [4.69, 9.17) is 11.6 Å². The summed E-state index contributed by atoms with van der Waals surface area (Å²) in [6.07, 6.45) is 3.18. The molecule has 0 amide bonds.